The molecule has 2 aromatic rings. The number of nitrogens with zero attached hydrogens (tertiary/aromatic N) is 2. The van der Waals surface area contributed by atoms with Crippen molar-refractivity contribution in [3.05, 3.63) is 62.7 Å². The molecule has 12 heteroatoms. The predicted molar refractivity (Wildman–Crippen MR) is 110 cm³/mol. The average Bonchev–Trinajstić information content (AvgIpc) is 2.77. The first-order valence-electron chi connectivity index (χ1n) is 9.10. The first-order valence-corrected chi connectivity index (χ1v) is 10.9. The zero-order valence-corrected chi connectivity index (χ0v) is 18.0. The molecule has 0 radical (unpaired) electrons. The number of esters is 1. The highest BCUT2D eigenvalue weighted by atomic mass is 35.5. The van der Waals surface area contributed by atoms with E-state index in [1.165, 1.54) is 41.7 Å². The number of non-ortho nitro benzene ring substituents is 1. The molecule has 0 amide bonds. The van der Waals surface area contributed by atoms with Crippen LogP contribution in [-0.4, -0.2) is 57.0 Å². The number of rotatable bonds is 7. The molecule has 3 rings (SSSR count). The van der Waals surface area contributed by atoms with Crippen LogP contribution >= 0.6 is 11.6 Å². The number of carbonyl (C=O) groups is 1. The number of carbonyl (C=O) groups excluding carboxylic acids is 1. The molecule has 1 aliphatic rings. The van der Waals surface area contributed by atoms with Gasteiger partial charge in [-0.1, -0.05) is 11.6 Å². The van der Waals surface area contributed by atoms with Crippen molar-refractivity contribution in [2.24, 2.45) is 0 Å². The molecule has 0 aliphatic carbocycles. The molecule has 0 unspecified atom stereocenters. The summed E-state index contributed by atoms with van der Waals surface area (Å²) in [5, 5.41) is 11.0. The largest absolute Gasteiger partial charge is 0.496 e. The third-order valence-electron chi connectivity index (χ3n) is 4.60. The van der Waals surface area contributed by atoms with Crippen molar-refractivity contribution < 1.29 is 32.3 Å². The van der Waals surface area contributed by atoms with E-state index in [1.54, 1.807) is 0 Å². The van der Waals surface area contributed by atoms with Gasteiger partial charge in [0.05, 0.1) is 40.7 Å². The molecule has 0 spiro atoms. The van der Waals surface area contributed by atoms with Gasteiger partial charge in [-0.3, -0.25) is 10.1 Å². The minimum absolute atomic E-state index is 0.0111. The topological polar surface area (TPSA) is 125 Å². The van der Waals surface area contributed by atoms with Crippen LogP contribution in [0.15, 0.2) is 41.3 Å². The molecule has 1 saturated heterocycles. The van der Waals surface area contributed by atoms with Gasteiger partial charge in [-0.25, -0.2) is 13.2 Å². The van der Waals surface area contributed by atoms with Crippen molar-refractivity contribution in [2.45, 2.75) is 11.5 Å². The molecule has 1 heterocycles. The highest BCUT2D eigenvalue weighted by Gasteiger charge is 2.28. The van der Waals surface area contributed by atoms with E-state index >= 15 is 0 Å². The van der Waals surface area contributed by atoms with Gasteiger partial charge in [0, 0.05) is 30.8 Å². The molecule has 0 N–H and O–H groups in total. The van der Waals surface area contributed by atoms with Gasteiger partial charge >= 0.3 is 5.97 Å². The number of hydrogen-bond donors (Lipinski definition) is 0. The summed E-state index contributed by atoms with van der Waals surface area (Å²) in [6.45, 7) is 0.647. The Balaban J connectivity index is 1.82. The van der Waals surface area contributed by atoms with E-state index in [2.05, 4.69) is 0 Å². The fourth-order valence-corrected chi connectivity index (χ4v) is 4.60. The third kappa shape index (κ3) is 5.13. The smallest absolute Gasteiger partial charge is 0.340 e. The summed E-state index contributed by atoms with van der Waals surface area (Å²) in [7, 11) is -2.46. The summed E-state index contributed by atoms with van der Waals surface area (Å²) in [5.41, 5.74) is -0.0536. The summed E-state index contributed by atoms with van der Waals surface area (Å²) in [5.74, 6) is -0.578. The number of halogens is 1. The van der Waals surface area contributed by atoms with Gasteiger partial charge in [0.2, 0.25) is 10.0 Å². The van der Waals surface area contributed by atoms with E-state index in [-0.39, 0.29) is 59.6 Å². The van der Waals surface area contributed by atoms with Crippen LogP contribution in [0.2, 0.25) is 5.02 Å². The molecule has 31 heavy (non-hydrogen) atoms. The molecular weight excluding hydrogens is 452 g/mol. The second kappa shape index (κ2) is 9.60. The lowest BCUT2D eigenvalue weighted by Crippen LogP contribution is -2.40. The molecule has 10 nitrogen and oxygen atoms in total. The van der Waals surface area contributed by atoms with Crippen molar-refractivity contribution >= 4 is 33.3 Å². The molecule has 2 aromatic carbocycles. The van der Waals surface area contributed by atoms with E-state index in [0.717, 1.165) is 6.07 Å². The third-order valence-corrected chi connectivity index (χ3v) is 6.82. The highest BCUT2D eigenvalue weighted by Crippen LogP contribution is 2.27. The maximum absolute atomic E-state index is 12.8. The first kappa shape index (κ1) is 22.9. The van der Waals surface area contributed by atoms with E-state index in [0.29, 0.717) is 5.75 Å². The number of nitro benzene ring substituents is 1. The number of methoxy groups -OCH3 is 1. The fourth-order valence-electron chi connectivity index (χ4n) is 2.97. The predicted octanol–water partition coefficient (Wildman–Crippen LogP) is 2.63. The van der Waals surface area contributed by atoms with Crippen LogP contribution in [0.1, 0.15) is 15.9 Å². The Kier molecular flexibility index (Phi) is 7.11. The Labute approximate surface area is 183 Å². The molecule has 166 valence electrons. The van der Waals surface area contributed by atoms with Gasteiger partial charge in [-0.2, -0.15) is 4.31 Å². The Bertz CT molecular complexity index is 1100. The van der Waals surface area contributed by atoms with E-state index < -0.39 is 20.9 Å². The molecule has 1 aliphatic heterocycles. The minimum atomic E-state index is -3.84. The number of ether oxygens (including phenoxy) is 3. The number of sulfonamides is 1. The van der Waals surface area contributed by atoms with E-state index in [1.807, 2.05) is 0 Å². The Morgan fingerprint density at radius 3 is 2.58 bits per heavy atom. The lowest BCUT2D eigenvalue weighted by Gasteiger charge is -2.26. The number of hydrogen-bond acceptors (Lipinski definition) is 8. The molecule has 0 saturated carbocycles. The summed E-state index contributed by atoms with van der Waals surface area (Å²) in [6.07, 6.45) is 0. The van der Waals surface area contributed by atoms with E-state index in [4.69, 9.17) is 25.8 Å². The maximum Gasteiger partial charge on any atom is 0.340 e. The second-order valence-corrected chi connectivity index (χ2v) is 8.83. The SMILES string of the molecule is COc1ccc([N+](=O)[O-])cc1COC(=O)c1cc(S(=O)(=O)N2CCOCC2)ccc1Cl. The Morgan fingerprint density at radius 1 is 1.23 bits per heavy atom. The highest BCUT2D eigenvalue weighted by molar-refractivity contribution is 7.89. The number of nitro groups is 1. The fraction of sp³-hybridized carbons (Fsp3) is 0.316. The molecule has 0 bridgehead atoms. The van der Waals surface area contributed by atoms with Crippen molar-refractivity contribution in [1.82, 2.24) is 4.31 Å². The van der Waals surface area contributed by atoms with Crippen LogP contribution in [0.3, 0.4) is 0 Å². The average molecular weight is 471 g/mol. The Hall–Kier alpha value is -2.73. The lowest BCUT2D eigenvalue weighted by molar-refractivity contribution is -0.385. The molecule has 0 atom stereocenters. The summed E-state index contributed by atoms with van der Waals surface area (Å²) >= 11 is 6.09. The monoisotopic (exact) mass is 470 g/mol. The van der Waals surface area contributed by atoms with Crippen LogP contribution in [-0.2, 0) is 26.1 Å². The van der Waals surface area contributed by atoms with Gasteiger partial charge < -0.3 is 14.2 Å². The minimum Gasteiger partial charge on any atom is -0.496 e. The van der Waals surface area contributed by atoms with Gasteiger partial charge in [0.1, 0.15) is 12.4 Å². The van der Waals surface area contributed by atoms with Gasteiger partial charge in [0.25, 0.3) is 5.69 Å². The van der Waals surface area contributed by atoms with Gasteiger partial charge in [-0.05, 0) is 24.3 Å². The maximum atomic E-state index is 12.8. The normalized spacial score (nSPS) is 14.8. The van der Waals surface area contributed by atoms with Crippen molar-refractivity contribution in [3.8, 4) is 5.75 Å². The zero-order chi connectivity index (χ0) is 22.6. The van der Waals surface area contributed by atoms with Gasteiger partial charge in [-0.15, -0.1) is 0 Å². The summed E-state index contributed by atoms with van der Waals surface area (Å²) in [6, 6.07) is 7.66. The van der Waals surface area contributed by atoms with Crippen molar-refractivity contribution in [2.75, 3.05) is 33.4 Å². The summed E-state index contributed by atoms with van der Waals surface area (Å²) < 4.78 is 42.5. The van der Waals surface area contributed by atoms with Crippen LogP contribution in [0.4, 0.5) is 5.69 Å². The summed E-state index contributed by atoms with van der Waals surface area (Å²) in [4.78, 5) is 22.9. The van der Waals surface area contributed by atoms with Crippen LogP contribution in [0, 0.1) is 10.1 Å². The Morgan fingerprint density at radius 2 is 1.94 bits per heavy atom. The van der Waals surface area contributed by atoms with Crippen molar-refractivity contribution in [1.29, 1.82) is 0 Å². The standard InChI is InChI=1S/C19H19ClN2O8S/c1-28-18-5-2-14(22(24)25)10-13(18)12-30-19(23)16-11-15(3-4-17(16)20)31(26,27)21-6-8-29-9-7-21/h2-5,10-11H,6-9,12H2,1H3. The van der Waals surface area contributed by atoms with Crippen LogP contribution < -0.4 is 4.74 Å². The van der Waals surface area contributed by atoms with Crippen molar-refractivity contribution in [3.63, 3.8) is 0 Å². The zero-order valence-electron chi connectivity index (χ0n) is 16.4. The molecule has 0 aromatic heterocycles. The van der Waals surface area contributed by atoms with Crippen LogP contribution in [0.5, 0.6) is 5.75 Å². The first-order chi connectivity index (χ1) is 14.7. The number of morpholine rings is 1. The lowest BCUT2D eigenvalue weighted by atomic mass is 10.2. The van der Waals surface area contributed by atoms with E-state index in [9.17, 15) is 23.3 Å². The van der Waals surface area contributed by atoms with Gasteiger partial charge in [0.15, 0.2) is 0 Å². The second-order valence-electron chi connectivity index (χ2n) is 6.49. The molecule has 1 fully saturated rings. The quantitative estimate of drug-likeness (QED) is 0.343. The number of benzene rings is 2. The molecular formula is C19H19ClN2O8S. The van der Waals surface area contributed by atoms with Crippen LogP contribution in [0.25, 0.3) is 0 Å².